The Morgan fingerprint density at radius 3 is 2.29 bits per heavy atom. The molecule has 21 heavy (non-hydrogen) atoms. The number of amides is 2. The fraction of sp³-hybridized carbons (Fsp3) is 0.385. The molecule has 0 unspecified atom stereocenters. The largest absolute Gasteiger partial charge is 0.339 e. The maximum atomic E-state index is 13.3. The monoisotopic (exact) mass is 295 g/mol. The van der Waals surface area contributed by atoms with Gasteiger partial charge in [-0.25, -0.2) is 0 Å². The minimum Gasteiger partial charge on any atom is -0.339 e. The molecule has 0 atom stereocenters. The molecular formula is C13H14FN3O4. The average molecular weight is 295 g/mol. The van der Waals surface area contributed by atoms with Gasteiger partial charge in [0.25, 0.3) is 5.91 Å². The number of piperazine rings is 1. The van der Waals surface area contributed by atoms with E-state index in [-0.39, 0.29) is 11.5 Å². The Bertz CT molecular complexity index is 597. The van der Waals surface area contributed by atoms with Crippen LogP contribution >= 0.6 is 0 Å². The van der Waals surface area contributed by atoms with Gasteiger partial charge >= 0.3 is 5.69 Å². The molecule has 1 saturated heterocycles. The predicted octanol–water partition coefficient (Wildman–Crippen LogP) is 1.04. The molecule has 1 heterocycles. The van der Waals surface area contributed by atoms with Gasteiger partial charge in [0, 0.05) is 44.7 Å². The summed E-state index contributed by atoms with van der Waals surface area (Å²) in [6.45, 7) is 3.00. The van der Waals surface area contributed by atoms with E-state index in [1.165, 1.54) is 17.9 Å². The lowest BCUT2D eigenvalue weighted by Gasteiger charge is -2.34. The Balaban J connectivity index is 2.13. The van der Waals surface area contributed by atoms with Crippen LogP contribution in [0.25, 0.3) is 0 Å². The lowest BCUT2D eigenvalue weighted by Crippen LogP contribution is -2.50. The van der Waals surface area contributed by atoms with Gasteiger partial charge in [-0.1, -0.05) is 0 Å². The summed E-state index contributed by atoms with van der Waals surface area (Å²) in [6, 6.07) is 3.08. The van der Waals surface area contributed by atoms with Crippen LogP contribution in [0.15, 0.2) is 18.2 Å². The first kappa shape index (κ1) is 14.9. The van der Waals surface area contributed by atoms with Gasteiger partial charge in [0.15, 0.2) is 0 Å². The molecular weight excluding hydrogens is 281 g/mol. The second-order valence-corrected chi connectivity index (χ2v) is 4.72. The molecule has 2 rings (SSSR count). The molecule has 0 saturated carbocycles. The molecule has 1 aliphatic heterocycles. The Hall–Kier alpha value is -2.51. The van der Waals surface area contributed by atoms with Crippen LogP contribution in [-0.2, 0) is 4.79 Å². The van der Waals surface area contributed by atoms with Crippen molar-refractivity contribution in [2.45, 2.75) is 6.92 Å². The number of hydrogen-bond acceptors (Lipinski definition) is 4. The van der Waals surface area contributed by atoms with Crippen LogP contribution in [-0.4, -0.2) is 52.7 Å². The highest BCUT2D eigenvalue weighted by Gasteiger charge is 2.25. The van der Waals surface area contributed by atoms with E-state index in [0.717, 1.165) is 12.1 Å². The fourth-order valence-corrected chi connectivity index (χ4v) is 2.19. The zero-order chi connectivity index (χ0) is 15.6. The van der Waals surface area contributed by atoms with E-state index in [1.807, 2.05) is 0 Å². The summed E-state index contributed by atoms with van der Waals surface area (Å²) in [6.07, 6.45) is 0. The lowest BCUT2D eigenvalue weighted by molar-refractivity contribution is -0.387. The van der Waals surface area contributed by atoms with Crippen LogP contribution in [0.2, 0.25) is 0 Å². The van der Waals surface area contributed by atoms with Gasteiger partial charge in [-0.2, -0.15) is 4.39 Å². The molecule has 0 N–H and O–H groups in total. The number of benzene rings is 1. The van der Waals surface area contributed by atoms with Crippen LogP contribution in [0.3, 0.4) is 0 Å². The first-order chi connectivity index (χ1) is 9.90. The van der Waals surface area contributed by atoms with E-state index in [2.05, 4.69) is 0 Å². The Morgan fingerprint density at radius 2 is 1.76 bits per heavy atom. The van der Waals surface area contributed by atoms with Gasteiger partial charge in [0.1, 0.15) is 0 Å². The zero-order valence-electron chi connectivity index (χ0n) is 11.4. The number of rotatable bonds is 2. The highest BCUT2D eigenvalue weighted by molar-refractivity contribution is 5.95. The molecule has 1 fully saturated rings. The summed E-state index contributed by atoms with van der Waals surface area (Å²) >= 11 is 0. The van der Waals surface area contributed by atoms with Crippen molar-refractivity contribution in [3.05, 3.63) is 39.7 Å². The van der Waals surface area contributed by atoms with Gasteiger partial charge in [0.05, 0.1) is 4.92 Å². The summed E-state index contributed by atoms with van der Waals surface area (Å²) in [4.78, 5) is 36.4. The highest BCUT2D eigenvalue weighted by Crippen LogP contribution is 2.20. The van der Waals surface area contributed by atoms with Crippen molar-refractivity contribution < 1.29 is 18.9 Å². The van der Waals surface area contributed by atoms with Gasteiger partial charge in [-0.3, -0.25) is 19.7 Å². The molecule has 8 heteroatoms. The van der Waals surface area contributed by atoms with Crippen LogP contribution < -0.4 is 0 Å². The second kappa shape index (κ2) is 5.86. The summed E-state index contributed by atoms with van der Waals surface area (Å²) in [5.74, 6) is -1.43. The predicted molar refractivity (Wildman–Crippen MR) is 71.2 cm³/mol. The first-order valence-electron chi connectivity index (χ1n) is 6.39. The van der Waals surface area contributed by atoms with Crippen molar-refractivity contribution in [2.24, 2.45) is 0 Å². The van der Waals surface area contributed by atoms with Gasteiger partial charge in [-0.15, -0.1) is 0 Å². The topological polar surface area (TPSA) is 83.8 Å². The smallest absolute Gasteiger partial charge is 0.305 e. The third-order valence-corrected chi connectivity index (χ3v) is 3.40. The summed E-state index contributed by atoms with van der Waals surface area (Å²) in [5, 5.41) is 10.7. The van der Waals surface area contributed by atoms with Gasteiger partial charge in [-0.05, 0) is 12.1 Å². The lowest BCUT2D eigenvalue weighted by atomic mass is 10.1. The molecule has 0 radical (unpaired) electrons. The third-order valence-electron chi connectivity index (χ3n) is 3.40. The quantitative estimate of drug-likeness (QED) is 0.603. The Morgan fingerprint density at radius 1 is 1.19 bits per heavy atom. The van der Waals surface area contributed by atoms with Crippen molar-refractivity contribution >= 4 is 17.5 Å². The summed E-state index contributed by atoms with van der Waals surface area (Å²) < 4.78 is 13.3. The first-order valence-corrected chi connectivity index (χ1v) is 6.39. The Labute approximate surface area is 120 Å². The number of carbonyl (C=O) groups is 2. The third kappa shape index (κ3) is 3.15. The van der Waals surface area contributed by atoms with Crippen LogP contribution in [0.5, 0.6) is 0 Å². The van der Waals surface area contributed by atoms with Crippen molar-refractivity contribution in [1.82, 2.24) is 9.80 Å². The molecule has 1 aliphatic rings. The van der Waals surface area contributed by atoms with E-state index in [0.29, 0.717) is 26.2 Å². The van der Waals surface area contributed by atoms with E-state index in [1.54, 1.807) is 4.90 Å². The summed E-state index contributed by atoms with van der Waals surface area (Å²) in [7, 11) is 0. The molecule has 1 aromatic rings. The minimum absolute atomic E-state index is 0.0560. The molecule has 1 aromatic carbocycles. The van der Waals surface area contributed by atoms with Crippen LogP contribution in [0, 0.1) is 15.9 Å². The van der Waals surface area contributed by atoms with Crippen molar-refractivity contribution in [1.29, 1.82) is 0 Å². The highest BCUT2D eigenvalue weighted by atomic mass is 19.1. The van der Waals surface area contributed by atoms with E-state index in [9.17, 15) is 24.1 Å². The van der Waals surface area contributed by atoms with Crippen LogP contribution in [0.4, 0.5) is 10.1 Å². The average Bonchev–Trinajstić information content (AvgIpc) is 2.46. The second-order valence-electron chi connectivity index (χ2n) is 4.72. The maximum absolute atomic E-state index is 13.3. The fourth-order valence-electron chi connectivity index (χ4n) is 2.19. The van der Waals surface area contributed by atoms with Gasteiger partial charge in [0.2, 0.25) is 11.7 Å². The number of hydrogen-bond donors (Lipinski definition) is 0. The molecule has 7 nitrogen and oxygen atoms in total. The number of nitrogens with zero attached hydrogens (tertiary/aromatic N) is 3. The van der Waals surface area contributed by atoms with Crippen molar-refractivity contribution in [3.63, 3.8) is 0 Å². The van der Waals surface area contributed by atoms with E-state index >= 15 is 0 Å². The standard InChI is InChI=1S/C13H14FN3O4/c1-9(18)15-4-6-16(7-5-15)13(19)10-2-3-11(14)12(8-10)17(20)21/h2-3,8H,4-7H2,1H3. The number of carbonyl (C=O) groups excluding carboxylic acids is 2. The van der Waals surface area contributed by atoms with E-state index < -0.39 is 22.3 Å². The minimum atomic E-state index is -0.974. The normalized spacial score (nSPS) is 15.0. The summed E-state index contributed by atoms with van der Waals surface area (Å²) in [5.41, 5.74) is -0.650. The number of nitro groups is 1. The zero-order valence-corrected chi connectivity index (χ0v) is 11.4. The van der Waals surface area contributed by atoms with Crippen molar-refractivity contribution in [3.8, 4) is 0 Å². The number of halogens is 1. The molecule has 0 aliphatic carbocycles. The SMILES string of the molecule is CC(=O)N1CCN(C(=O)c2ccc(F)c([N+](=O)[O-])c2)CC1. The molecule has 0 bridgehead atoms. The molecule has 0 aromatic heterocycles. The molecule has 2 amide bonds. The maximum Gasteiger partial charge on any atom is 0.305 e. The molecule has 0 spiro atoms. The van der Waals surface area contributed by atoms with Crippen LogP contribution in [0.1, 0.15) is 17.3 Å². The van der Waals surface area contributed by atoms with Crippen molar-refractivity contribution in [2.75, 3.05) is 26.2 Å². The van der Waals surface area contributed by atoms with Gasteiger partial charge < -0.3 is 9.80 Å². The Kier molecular flexibility index (Phi) is 4.15. The molecule has 112 valence electrons. The number of nitro benzene ring substituents is 1. The van der Waals surface area contributed by atoms with E-state index in [4.69, 9.17) is 0 Å².